The van der Waals surface area contributed by atoms with Gasteiger partial charge in [-0.15, -0.1) is 23.5 Å². The second-order valence-electron chi connectivity index (χ2n) is 9.91. The highest BCUT2D eigenvalue weighted by Crippen LogP contribution is 2.45. The van der Waals surface area contributed by atoms with Crippen molar-refractivity contribution in [3.05, 3.63) is 17.2 Å². The molecule has 1 N–H and O–H groups in total. The van der Waals surface area contributed by atoms with Crippen LogP contribution in [0.25, 0.3) is 0 Å². The van der Waals surface area contributed by atoms with E-state index < -0.39 is 0 Å². The molecule has 3 heteroatoms. The summed E-state index contributed by atoms with van der Waals surface area (Å²) in [7, 11) is 0. The summed E-state index contributed by atoms with van der Waals surface area (Å²) in [5.41, 5.74) is 2.44. The van der Waals surface area contributed by atoms with E-state index in [1.165, 1.54) is 93.3 Å². The van der Waals surface area contributed by atoms with Gasteiger partial charge in [0, 0.05) is 10.5 Å². The number of phenols is 1. The van der Waals surface area contributed by atoms with Crippen LogP contribution in [-0.2, 0) is 11.8 Å². The Morgan fingerprint density at radius 1 is 0.710 bits per heavy atom. The van der Waals surface area contributed by atoms with Crippen LogP contribution >= 0.6 is 23.5 Å². The van der Waals surface area contributed by atoms with E-state index in [-0.39, 0.29) is 5.41 Å². The van der Waals surface area contributed by atoms with Crippen LogP contribution in [-0.4, -0.2) is 16.6 Å². The third kappa shape index (κ3) is 10.9. The van der Waals surface area contributed by atoms with Crippen molar-refractivity contribution in [1.82, 2.24) is 0 Å². The van der Waals surface area contributed by atoms with E-state index in [2.05, 4.69) is 47.6 Å². The number of phenolic OH excluding ortho intramolecular Hbond substituents is 1. The quantitative estimate of drug-likeness (QED) is 0.182. The Bertz CT molecular complexity index is 604. The van der Waals surface area contributed by atoms with E-state index in [1.807, 2.05) is 23.5 Å². The molecule has 0 amide bonds. The van der Waals surface area contributed by atoms with Gasteiger partial charge in [-0.2, -0.15) is 0 Å². The first-order chi connectivity index (χ1) is 14.9. The highest BCUT2D eigenvalue weighted by Gasteiger charge is 2.24. The lowest BCUT2D eigenvalue weighted by molar-refractivity contribution is 0.431. The summed E-state index contributed by atoms with van der Waals surface area (Å²) in [6.07, 6.45) is 17.0. The molecule has 0 saturated heterocycles. The van der Waals surface area contributed by atoms with Gasteiger partial charge in [0.15, 0.2) is 0 Å². The number of rotatable bonds is 17. The maximum Gasteiger partial charge on any atom is 0.133 e. The van der Waals surface area contributed by atoms with E-state index in [4.69, 9.17) is 0 Å². The van der Waals surface area contributed by atoms with Crippen molar-refractivity contribution in [1.29, 1.82) is 0 Å². The minimum atomic E-state index is -0.0404. The van der Waals surface area contributed by atoms with Crippen LogP contribution in [0.15, 0.2) is 15.9 Å². The predicted octanol–water partition coefficient (Wildman–Crippen LogP) is 10.2. The topological polar surface area (TPSA) is 20.2 Å². The molecule has 0 unspecified atom stereocenters. The van der Waals surface area contributed by atoms with Gasteiger partial charge >= 0.3 is 0 Å². The number of hydrogen-bond acceptors (Lipinski definition) is 3. The third-order valence-corrected chi connectivity index (χ3v) is 8.37. The Morgan fingerprint density at radius 3 is 1.68 bits per heavy atom. The van der Waals surface area contributed by atoms with E-state index in [9.17, 15) is 5.11 Å². The Hall–Kier alpha value is -0.280. The summed E-state index contributed by atoms with van der Waals surface area (Å²) < 4.78 is 0. The van der Waals surface area contributed by atoms with Gasteiger partial charge in [0.2, 0.25) is 0 Å². The Labute approximate surface area is 203 Å². The van der Waals surface area contributed by atoms with Crippen molar-refractivity contribution in [2.45, 2.75) is 140 Å². The van der Waals surface area contributed by atoms with Gasteiger partial charge in [-0.25, -0.2) is 0 Å². The van der Waals surface area contributed by atoms with Crippen molar-refractivity contribution >= 4 is 23.5 Å². The molecule has 0 aromatic heterocycles. The first-order valence-electron chi connectivity index (χ1n) is 13.0. The third-order valence-electron chi connectivity index (χ3n) is 5.98. The van der Waals surface area contributed by atoms with Crippen LogP contribution in [0.2, 0.25) is 0 Å². The van der Waals surface area contributed by atoms with E-state index in [1.54, 1.807) is 0 Å². The molecule has 1 rings (SSSR count). The molecule has 0 bridgehead atoms. The van der Waals surface area contributed by atoms with Crippen molar-refractivity contribution < 1.29 is 5.11 Å². The van der Waals surface area contributed by atoms with Crippen molar-refractivity contribution in [2.75, 3.05) is 11.5 Å². The van der Waals surface area contributed by atoms with Crippen molar-refractivity contribution in [3.63, 3.8) is 0 Å². The highest BCUT2D eigenvalue weighted by atomic mass is 32.2. The first kappa shape index (κ1) is 28.8. The molecule has 1 aromatic rings. The zero-order chi connectivity index (χ0) is 23.1. The molecule has 0 fully saturated rings. The molecule has 0 heterocycles. The van der Waals surface area contributed by atoms with Crippen LogP contribution < -0.4 is 0 Å². The van der Waals surface area contributed by atoms with Gasteiger partial charge in [0.25, 0.3) is 0 Å². The molecule has 31 heavy (non-hydrogen) atoms. The van der Waals surface area contributed by atoms with Crippen molar-refractivity contribution in [2.24, 2.45) is 0 Å². The Kier molecular flexibility index (Phi) is 15.2. The average molecular weight is 467 g/mol. The molecule has 0 radical (unpaired) electrons. The standard InChI is InChI=1S/C28H50OS2/c1-7-10-12-14-16-18-20-30-25-22-24(28(4,5)6)26(29)27(23(25)9-3)31-21-19-17-15-13-11-8-2/h22,29H,7-21H2,1-6H3. The average Bonchev–Trinajstić information content (AvgIpc) is 2.72. The predicted molar refractivity (Wildman–Crippen MR) is 144 cm³/mol. The highest BCUT2D eigenvalue weighted by molar-refractivity contribution is 8.00. The summed E-state index contributed by atoms with van der Waals surface area (Å²) in [4.78, 5) is 2.57. The number of benzene rings is 1. The van der Waals surface area contributed by atoms with E-state index >= 15 is 0 Å². The van der Waals surface area contributed by atoms with Crippen LogP contribution in [0.3, 0.4) is 0 Å². The van der Waals surface area contributed by atoms with E-state index in [0.29, 0.717) is 5.75 Å². The fourth-order valence-electron chi connectivity index (χ4n) is 3.98. The van der Waals surface area contributed by atoms with Gasteiger partial charge in [-0.3, -0.25) is 0 Å². The molecular weight excluding hydrogens is 416 g/mol. The molecule has 1 aromatic carbocycles. The smallest absolute Gasteiger partial charge is 0.133 e. The molecule has 0 aliphatic rings. The van der Waals surface area contributed by atoms with E-state index in [0.717, 1.165) is 22.6 Å². The monoisotopic (exact) mass is 466 g/mol. The van der Waals surface area contributed by atoms with Crippen LogP contribution in [0.4, 0.5) is 0 Å². The summed E-state index contributed by atoms with van der Waals surface area (Å²) in [6, 6.07) is 2.30. The molecule has 180 valence electrons. The molecular formula is C28H50OS2. The maximum absolute atomic E-state index is 11.2. The van der Waals surface area contributed by atoms with Gasteiger partial charge in [0.05, 0.1) is 4.90 Å². The fraction of sp³-hybridized carbons (Fsp3) is 0.786. The maximum atomic E-state index is 11.2. The molecule has 0 aliphatic heterocycles. The molecule has 0 aliphatic carbocycles. The molecule has 0 saturated carbocycles. The van der Waals surface area contributed by atoms with Crippen LogP contribution in [0, 0.1) is 0 Å². The summed E-state index contributed by atoms with van der Waals surface area (Å²) in [5, 5.41) is 11.2. The van der Waals surface area contributed by atoms with Gasteiger partial charge < -0.3 is 5.11 Å². The lowest BCUT2D eigenvalue weighted by Crippen LogP contribution is -2.13. The molecule has 0 spiro atoms. The van der Waals surface area contributed by atoms with Gasteiger partial charge in [-0.1, -0.05) is 106 Å². The SMILES string of the molecule is CCCCCCCCSc1cc(C(C)(C)C)c(O)c(SCCCCCCCC)c1CC. The van der Waals surface area contributed by atoms with Crippen LogP contribution in [0.1, 0.15) is 130 Å². The zero-order valence-corrected chi connectivity index (χ0v) is 23.1. The van der Waals surface area contributed by atoms with Crippen molar-refractivity contribution in [3.8, 4) is 5.75 Å². The second-order valence-corrected chi connectivity index (χ2v) is 12.2. The normalized spacial score (nSPS) is 11.9. The lowest BCUT2D eigenvalue weighted by Gasteiger charge is -2.25. The van der Waals surface area contributed by atoms with Gasteiger partial charge in [-0.05, 0) is 47.8 Å². The summed E-state index contributed by atoms with van der Waals surface area (Å²) in [5.74, 6) is 2.85. The zero-order valence-electron chi connectivity index (χ0n) is 21.4. The summed E-state index contributed by atoms with van der Waals surface area (Å²) >= 11 is 3.91. The minimum Gasteiger partial charge on any atom is -0.506 e. The second kappa shape index (κ2) is 16.4. The Morgan fingerprint density at radius 2 is 1.19 bits per heavy atom. The lowest BCUT2D eigenvalue weighted by atomic mass is 9.85. The first-order valence-corrected chi connectivity index (χ1v) is 15.0. The summed E-state index contributed by atoms with van der Waals surface area (Å²) in [6.45, 7) is 13.5. The minimum absolute atomic E-state index is 0.0404. The van der Waals surface area contributed by atoms with Gasteiger partial charge in [0.1, 0.15) is 5.75 Å². The molecule has 0 atom stereocenters. The number of hydrogen-bond donors (Lipinski definition) is 1. The number of aromatic hydroxyl groups is 1. The number of unbranched alkanes of at least 4 members (excludes halogenated alkanes) is 10. The Balaban J connectivity index is 2.82. The molecule has 1 nitrogen and oxygen atoms in total. The number of thioether (sulfide) groups is 2. The fourth-order valence-corrected chi connectivity index (χ4v) is 6.46. The largest absolute Gasteiger partial charge is 0.506 e. The van der Waals surface area contributed by atoms with Crippen LogP contribution in [0.5, 0.6) is 5.75 Å².